The predicted molar refractivity (Wildman–Crippen MR) is 87.2 cm³/mol. The molecule has 0 bridgehead atoms. The molecule has 3 N–H and O–H groups in total. The van der Waals surface area contributed by atoms with Gasteiger partial charge in [0.1, 0.15) is 4.21 Å². The van der Waals surface area contributed by atoms with Crippen LogP contribution in [0.4, 0.5) is 5.69 Å². The van der Waals surface area contributed by atoms with Crippen LogP contribution in [0.3, 0.4) is 0 Å². The van der Waals surface area contributed by atoms with Crippen molar-refractivity contribution in [3.63, 3.8) is 0 Å². The Kier molecular flexibility index (Phi) is 4.99. The second-order valence-corrected chi connectivity index (χ2v) is 8.24. The van der Waals surface area contributed by atoms with Gasteiger partial charge < -0.3 is 5.73 Å². The quantitative estimate of drug-likeness (QED) is 0.739. The summed E-state index contributed by atoms with van der Waals surface area (Å²) in [5.41, 5.74) is 6.45. The third kappa shape index (κ3) is 3.29. The van der Waals surface area contributed by atoms with Crippen molar-refractivity contribution in [3.05, 3.63) is 43.7 Å². The first kappa shape index (κ1) is 16.1. The van der Waals surface area contributed by atoms with Crippen LogP contribution in [0.1, 0.15) is 5.56 Å². The number of halogens is 3. The molecular weight excluding hydrogens is 407 g/mol. The summed E-state index contributed by atoms with van der Waals surface area (Å²) in [6.45, 7) is 0.289. The third-order valence-electron chi connectivity index (χ3n) is 2.41. The number of sulfonamides is 1. The summed E-state index contributed by atoms with van der Waals surface area (Å²) in [7, 11) is -3.70. The largest absolute Gasteiger partial charge is 0.326 e. The molecule has 0 unspecified atom stereocenters. The average Bonchev–Trinajstić information content (AvgIpc) is 2.89. The number of anilines is 1. The average molecular weight is 416 g/mol. The number of nitrogens with two attached hydrogens (primary N) is 1. The number of hydrogen-bond acceptors (Lipinski definition) is 4. The molecule has 0 saturated carbocycles. The van der Waals surface area contributed by atoms with Gasteiger partial charge in [-0.15, -0.1) is 11.3 Å². The summed E-state index contributed by atoms with van der Waals surface area (Å²) in [5, 5.41) is 2.09. The highest BCUT2D eigenvalue weighted by Crippen LogP contribution is 2.37. The Morgan fingerprint density at radius 2 is 2.00 bits per heavy atom. The van der Waals surface area contributed by atoms with E-state index in [1.165, 1.54) is 12.1 Å². The topological polar surface area (TPSA) is 72.2 Å². The molecule has 2 aromatic rings. The van der Waals surface area contributed by atoms with Crippen molar-refractivity contribution in [2.45, 2.75) is 10.8 Å². The second kappa shape index (κ2) is 6.21. The van der Waals surface area contributed by atoms with Gasteiger partial charge in [-0.2, -0.15) is 0 Å². The van der Waals surface area contributed by atoms with Crippen LogP contribution in [-0.4, -0.2) is 8.42 Å². The van der Waals surface area contributed by atoms with Crippen LogP contribution in [0, 0.1) is 0 Å². The monoisotopic (exact) mass is 414 g/mol. The Balaban J connectivity index is 2.36. The molecule has 0 amide bonds. The van der Waals surface area contributed by atoms with Crippen molar-refractivity contribution in [1.82, 2.24) is 0 Å². The zero-order valence-electron chi connectivity index (χ0n) is 9.86. The van der Waals surface area contributed by atoms with Crippen LogP contribution in [0.5, 0.6) is 0 Å². The summed E-state index contributed by atoms with van der Waals surface area (Å²) >= 11 is 16.3. The highest BCUT2D eigenvalue weighted by Gasteiger charge is 2.19. The maximum absolute atomic E-state index is 12.2. The molecule has 4 nitrogen and oxygen atoms in total. The molecule has 0 fully saturated rings. The number of hydrogen-bond donors (Lipinski definition) is 2. The fraction of sp³-hybridized carbons (Fsp3) is 0.0909. The van der Waals surface area contributed by atoms with Crippen LogP contribution >= 0.6 is 50.5 Å². The first-order valence-electron chi connectivity index (χ1n) is 5.29. The van der Waals surface area contributed by atoms with Crippen molar-refractivity contribution in [3.8, 4) is 0 Å². The summed E-state index contributed by atoms with van der Waals surface area (Å²) < 4.78 is 27.6. The van der Waals surface area contributed by atoms with E-state index >= 15 is 0 Å². The molecule has 0 spiro atoms. The number of nitrogens with one attached hydrogen (secondary N) is 1. The van der Waals surface area contributed by atoms with Gasteiger partial charge in [-0.25, -0.2) is 8.42 Å². The van der Waals surface area contributed by atoms with Gasteiger partial charge in [-0.3, -0.25) is 4.72 Å². The van der Waals surface area contributed by atoms with E-state index in [4.69, 9.17) is 28.9 Å². The lowest BCUT2D eigenvalue weighted by Crippen LogP contribution is -2.12. The van der Waals surface area contributed by atoms with E-state index in [1.807, 2.05) is 0 Å². The van der Waals surface area contributed by atoms with E-state index in [0.29, 0.717) is 4.47 Å². The molecule has 1 aromatic heterocycles. The highest BCUT2D eigenvalue weighted by molar-refractivity contribution is 9.10. The van der Waals surface area contributed by atoms with Crippen LogP contribution in [0.15, 0.2) is 32.3 Å². The molecule has 0 aliphatic rings. The van der Waals surface area contributed by atoms with E-state index < -0.39 is 10.0 Å². The Bertz CT molecular complexity index is 747. The van der Waals surface area contributed by atoms with E-state index in [-0.39, 0.29) is 26.5 Å². The zero-order valence-corrected chi connectivity index (χ0v) is 14.6. The van der Waals surface area contributed by atoms with Gasteiger partial charge in [-0.1, -0.05) is 23.2 Å². The Morgan fingerprint density at radius 3 is 2.60 bits per heavy atom. The molecule has 0 aliphatic carbocycles. The molecule has 0 radical (unpaired) electrons. The summed E-state index contributed by atoms with van der Waals surface area (Å²) in [6, 6.07) is 4.68. The Labute approximate surface area is 139 Å². The number of benzene rings is 1. The smallest absolute Gasteiger partial charge is 0.271 e. The van der Waals surface area contributed by atoms with Gasteiger partial charge in [0.15, 0.2) is 0 Å². The molecule has 108 valence electrons. The van der Waals surface area contributed by atoms with Gasteiger partial charge in [0, 0.05) is 11.0 Å². The van der Waals surface area contributed by atoms with Crippen molar-refractivity contribution >= 4 is 66.2 Å². The minimum Gasteiger partial charge on any atom is -0.326 e. The van der Waals surface area contributed by atoms with Crippen molar-refractivity contribution in [1.29, 1.82) is 0 Å². The van der Waals surface area contributed by atoms with Gasteiger partial charge in [0.25, 0.3) is 10.0 Å². The second-order valence-electron chi connectivity index (χ2n) is 3.81. The predicted octanol–water partition coefficient (Wildman–Crippen LogP) is 4.08. The standard InChI is InChI=1S/C11H9BrCl2N2O2S2/c12-7-1-2-8(11(14)10(7)13)16-20(17,18)9-3-6(4-15)5-19-9/h1-3,5,16H,4,15H2. The van der Waals surface area contributed by atoms with Crippen molar-refractivity contribution in [2.75, 3.05) is 4.72 Å². The van der Waals surface area contributed by atoms with E-state index in [2.05, 4.69) is 20.7 Å². The van der Waals surface area contributed by atoms with Gasteiger partial charge >= 0.3 is 0 Å². The highest BCUT2D eigenvalue weighted by atomic mass is 79.9. The maximum atomic E-state index is 12.2. The third-order valence-corrected chi connectivity index (χ3v) is 7.03. The Hall–Kier alpha value is -0.310. The van der Waals surface area contributed by atoms with Crippen molar-refractivity contribution < 1.29 is 8.42 Å². The van der Waals surface area contributed by atoms with Crippen molar-refractivity contribution in [2.24, 2.45) is 5.73 Å². The molecular formula is C11H9BrCl2N2O2S2. The van der Waals surface area contributed by atoms with Crippen LogP contribution < -0.4 is 10.5 Å². The first-order chi connectivity index (χ1) is 9.35. The molecule has 1 heterocycles. The lowest BCUT2D eigenvalue weighted by molar-refractivity contribution is 0.603. The molecule has 20 heavy (non-hydrogen) atoms. The zero-order chi connectivity index (χ0) is 14.9. The SMILES string of the molecule is NCc1csc(S(=O)(=O)Nc2ccc(Br)c(Cl)c2Cl)c1. The minimum absolute atomic E-state index is 0.139. The van der Waals surface area contributed by atoms with E-state index in [9.17, 15) is 8.42 Å². The van der Waals surface area contributed by atoms with Gasteiger partial charge in [-0.05, 0) is 45.1 Å². The van der Waals surface area contributed by atoms with E-state index in [0.717, 1.165) is 16.9 Å². The molecule has 2 rings (SSSR count). The fourth-order valence-corrected chi connectivity index (χ4v) is 4.57. The fourth-order valence-electron chi connectivity index (χ4n) is 1.40. The molecule has 9 heteroatoms. The first-order valence-corrected chi connectivity index (χ1v) is 9.20. The minimum atomic E-state index is -3.70. The normalized spacial score (nSPS) is 11.6. The summed E-state index contributed by atoms with van der Waals surface area (Å²) in [4.78, 5) is 0. The van der Waals surface area contributed by atoms with Crippen LogP contribution in [0.25, 0.3) is 0 Å². The number of rotatable bonds is 4. The number of thiophene rings is 1. The van der Waals surface area contributed by atoms with Crippen LogP contribution in [-0.2, 0) is 16.6 Å². The van der Waals surface area contributed by atoms with Crippen LogP contribution in [0.2, 0.25) is 10.0 Å². The Morgan fingerprint density at radius 1 is 1.30 bits per heavy atom. The summed E-state index contributed by atoms with van der Waals surface area (Å²) in [5.74, 6) is 0. The molecule has 0 atom stereocenters. The lowest BCUT2D eigenvalue weighted by Gasteiger charge is -2.10. The van der Waals surface area contributed by atoms with E-state index in [1.54, 1.807) is 11.4 Å². The maximum Gasteiger partial charge on any atom is 0.271 e. The van der Waals surface area contributed by atoms with Gasteiger partial charge in [0.05, 0.1) is 15.7 Å². The summed E-state index contributed by atoms with van der Waals surface area (Å²) in [6.07, 6.45) is 0. The molecule has 0 aliphatic heterocycles. The van der Waals surface area contributed by atoms with Gasteiger partial charge in [0.2, 0.25) is 0 Å². The molecule has 0 saturated heterocycles. The lowest BCUT2D eigenvalue weighted by atomic mass is 10.3. The molecule has 1 aromatic carbocycles.